The van der Waals surface area contributed by atoms with Crippen LogP contribution in [0.1, 0.15) is 5.56 Å². The van der Waals surface area contributed by atoms with Crippen LogP contribution >= 0.6 is 11.8 Å². The maximum atomic E-state index is 8.72. The Labute approximate surface area is 103 Å². The van der Waals surface area contributed by atoms with E-state index < -0.39 is 0 Å². The molecule has 0 saturated carbocycles. The predicted octanol–water partition coefficient (Wildman–Crippen LogP) is 2.33. The van der Waals surface area contributed by atoms with Gasteiger partial charge in [-0.15, -0.1) is 0 Å². The normalized spacial score (nSPS) is 11.4. The van der Waals surface area contributed by atoms with E-state index in [1.54, 1.807) is 12.3 Å². The Balaban J connectivity index is 2.33. The average molecular weight is 245 g/mol. The number of rotatable bonds is 3. The second-order valence-corrected chi connectivity index (χ2v) is 4.31. The Morgan fingerprint density at radius 3 is 2.65 bits per heavy atom. The summed E-state index contributed by atoms with van der Waals surface area (Å²) in [4.78, 5) is 5.12. The third kappa shape index (κ3) is 2.76. The van der Waals surface area contributed by atoms with Gasteiger partial charge in [-0.1, -0.05) is 41.2 Å². The smallest absolute Gasteiger partial charge is 0.171 e. The lowest BCUT2D eigenvalue weighted by Gasteiger charge is -2.06. The number of nitrogens with two attached hydrogens (primary N) is 1. The Hall–Kier alpha value is -2.01. The Morgan fingerprint density at radius 1 is 1.18 bits per heavy atom. The maximum absolute atomic E-state index is 8.72. The zero-order valence-corrected chi connectivity index (χ0v) is 9.76. The molecule has 0 radical (unpaired) electrons. The summed E-state index contributed by atoms with van der Waals surface area (Å²) in [5.74, 6) is 0.101. The van der Waals surface area contributed by atoms with Gasteiger partial charge in [0, 0.05) is 16.7 Å². The molecule has 0 atom stereocenters. The number of nitrogens with zero attached hydrogens (tertiary/aromatic N) is 2. The van der Waals surface area contributed by atoms with E-state index in [2.05, 4.69) is 10.1 Å². The number of oxime groups is 1. The van der Waals surface area contributed by atoms with Crippen molar-refractivity contribution in [1.29, 1.82) is 0 Å². The highest BCUT2D eigenvalue weighted by Gasteiger charge is 2.07. The standard InChI is InChI=1S/C12H11N3OS/c13-12(15-16)9-5-1-2-6-10(9)17-11-7-3-4-8-14-11/h1-8,16H,(H2,13,15). The summed E-state index contributed by atoms with van der Waals surface area (Å²) in [6.45, 7) is 0. The van der Waals surface area contributed by atoms with Crippen LogP contribution in [-0.2, 0) is 0 Å². The molecule has 0 fully saturated rings. The van der Waals surface area contributed by atoms with Crippen molar-refractivity contribution in [2.75, 3.05) is 0 Å². The van der Waals surface area contributed by atoms with Gasteiger partial charge in [0.25, 0.3) is 0 Å². The molecule has 0 saturated heterocycles. The summed E-state index contributed by atoms with van der Waals surface area (Å²) >= 11 is 1.47. The molecule has 86 valence electrons. The van der Waals surface area contributed by atoms with Crippen LogP contribution < -0.4 is 5.73 Å². The summed E-state index contributed by atoms with van der Waals surface area (Å²) in [6, 6.07) is 13.1. The highest BCUT2D eigenvalue weighted by atomic mass is 32.2. The minimum atomic E-state index is 0.101. The summed E-state index contributed by atoms with van der Waals surface area (Å²) in [6.07, 6.45) is 1.73. The molecule has 0 spiro atoms. The van der Waals surface area contributed by atoms with E-state index in [4.69, 9.17) is 10.9 Å². The van der Waals surface area contributed by atoms with Crippen LogP contribution in [0.15, 0.2) is 63.7 Å². The first kappa shape index (κ1) is 11.5. The van der Waals surface area contributed by atoms with Crippen LogP contribution in [-0.4, -0.2) is 16.0 Å². The number of amidine groups is 1. The lowest BCUT2D eigenvalue weighted by Crippen LogP contribution is -2.14. The fraction of sp³-hybridized carbons (Fsp3) is 0. The van der Waals surface area contributed by atoms with Gasteiger partial charge in [-0.25, -0.2) is 4.98 Å². The van der Waals surface area contributed by atoms with E-state index in [1.807, 2.05) is 36.4 Å². The SMILES string of the molecule is N/C(=N\O)c1ccccc1Sc1ccccn1. The molecule has 0 bridgehead atoms. The molecule has 0 amide bonds. The second-order valence-electron chi connectivity index (χ2n) is 3.25. The Morgan fingerprint density at radius 2 is 1.94 bits per heavy atom. The molecular weight excluding hydrogens is 234 g/mol. The van der Waals surface area contributed by atoms with Crippen molar-refractivity contribution in [1.82, 2.24) is 4.98 Å². The van der Waals surface area contributed by atoms with E-state index in [1.165, 1.54) is 11.8 Å². The molecule has 3 N–H and O–H groups in total. The van der Waals surface area contributed by atoms with Crippen LogP contribution in [0.25, 0.3) is 0 Å². The lowest BCUT2D eigenvalue weighted by atomic mass is 10.2. The van der Waals surface area contributed by atoms with Crippen LogP contribution in [0, 0.1) is 0 Å². The van der Waals surface area contributed by atoms with Crippen LogP contribution in [0.3, 0.4) is 0 Å². The van der Waals surface area contributed by atoms with Crippen molar-refractivity contribution in [3.63, 3.8) is 0 Å². The first-order chi connectivity index (χ1) is 8.31. The molecule has 0 unspecified atom stereocenters. The van der Waals surface area contributed by atoms with Gasteiger partial charge in [0.05, 0.1) is 0 Å². The van der Waals surface area contributed by atoms with Crippen molar-refractivity contribution < 1.29 is 5.21 Å². The van der Waals surface area contributed by atoms with Crippen molar-refractivity contribution in [3.05, 3.63) is 54.2 Å². The van der Waals surface area contributed by atoms with Gasteiger partial charge in [0.15, 0.2) is 5.84 Å². The molecule has 1 aromatic heterocycles. The van der Waals surface area contributed by atoms with Crippen molar-refractivity contribution in [2.24, 2.45) is 10.9 Å². The minimum Gasteiger partial charge on any atom is -0.409 e. The zero-order chi connectivity index (χ0) is 12.1. The number of hydrogen-bond acceptors (Lipinski definition) is 4. The maximum Gasteiger partial charge on any atom is 0.171 e. The molecule has 2 aromatic rings. The van der Waals surface area contributed by atoms with Gasteiger partial charge in [0.2, 0.25) is 0 Å². The molecule has 1 aromatic carbocycles. The third-order valence-corrected chi connectivity index (χ3v) is 3.15. The molecule has 5 heteroatoms. The van der Waals surface area contributed by atoms with Gasteiger partial charge in [-0.3, -0.25) is 0 Å². The van der Waals surface area contributed by atoms with Gasteiger partial charge in [-0.05, 0) is 18.2 Å². The van der Waals surface area contributed by atoms with Crippen LogP contribution in [0.4, 0.5) is 0 Å². The molecule has 0 aliphatic heterocycles. The molecule has 0 aliphatic carbocycles. The summed E-state index contributed by atoms with van der Waals surface area (Å²) < 4.78 is 0. The van der Waals surface area contributed by atoms with E-state index in [0.717, 1.165) is 9.92 Å². The molecule has 1 heterocycles. The zero-order valence-electron chi connectivity index (χ0n) is 8.95. The van der Waals surface area contributed by atoms with Crippen molar-refractivity contribution in [3.8, 4) is 0 Å². The average Bonchev–Trinajstić information content (AvgIpc) is 2.40. The topological polar surface area (TPSA) is 71.5 Å². The lowest BCUT2D eigenvalue weighted by molar-refractivity contribution is 0.318. The van der Waals surface area contributed by atoms with Gasteiger partial charge < -0.3 is 10.9 Å². The quantitative estimate of drug-likeness (QED) is 0.377. The summed E-state index contributed by atoms with van der Waals surface area (Å²) in [5.41, 5.74) is 6.31. The van der Waals surface area contributed by atoms with E-state index >= 15 is 0 Å². The molecule has 2 rings (SSSR count). The molecule has 0 aliphatic rings. The van der Waals surface area contributed by atoms with Crippen LogP contribution in [0.5, 0.6) is 0 Å². The summed E-state index contributed by atoms with van der Waals surface area (Å²) in [5, 5.41) is 12.6. The minimum absolute atomic E-state index is 0.101. The van der Waals surface area contributed by atoms with Gasteiger partial charge >= 0.3 is 0 Å². The largest absolute Gasteiger partial charge is 0.409 e. The molecule has 4 nitrogen and oxygen atoms in total. The number of hydrogen-bond donors (Lipinski definition) is 2. The highest BCUT2D eigenvalue weighted by Crippen LogP contribution is 2.28. The number of aromatic nitrogens is 1. The van der Waals surface area contributed by atoms with E-state index in [-0.39, 0.29) is 5.84 Å². The van der Waals surface area contributed by atoms with Crippen molar-refractivity contribution in [2.45, 2.75) is 9.92 Å². The molecule has 17 heavy (non-hydrogen) atoms. The third-order valence-electron chi connectivity index (χ3n) is 2.12. The number of benzene rings is 1. The Bertz CT molecular complexity index is 528. The van der Waals surface area contributed by atoms with Gasteiger partial charge in [-0.2, -0.15) is 0 Å². The summed E-state index contributed by atoms with van der Waals surface area (Å²) in [7, 11) is 0. The van der Waals surface area contributed by atoms with Gasteiger partial charge in [0.1, 0.15) is 5.03 Å². The highest BCUT2D eigenvalue weighted by molar-refractivity contribution is 7.99. The molecular formula is C12H11N3OS. The first-order valence-electron chi connectivity index (χ1n) is 4.97. The first-order valence-corrected chi connectivity index (χ1v) is 5.78. The predicted molar refractivity (Wildman–Crippen MR) is 67.3 cm³/mol. The Kier molecular flexibility index (Phi) is 3.62. The monoisotopic (exact) mass is 245 g/mol. The van der Waals surface area contributed by atoms with E-state index in [0.29, 0.717) is 5.56 Å². The fourth-order valence-electron chi connectivity index (χ4n) is 1.34. The fourth-order valence-corrected chi connectivity index (χ4v) is 2.26. The van der Waals surface area contributed by atoms with E-state index in [9.17, 15) is 0 Å². The van der Waals surface area contributed by atoms with Crippen molar-refractivity contribution >= 4 is 17.6 Å². The second kappa shape index (κ2) is 5.36. The van der Waals surface area contributed by atoms with Crippen LogP contribution in [0.2, 0.25) is 0 Å². The number of pyridine rings is 1.